The van der Waals surface area contributed by atoms with Crippen LogP contribution in [0.4, 0.5) is 10.5 Å². The van der Waals surface area contributed by atoms with Crippen LogP contribution in [0.25, 0.3) is 0 Å². The number of hydrogen-bond acceptors (Lipinski definition) is 4. The molecule has 3 aliphatic rings. The molecule has 3 fully saturated rings. The van der Waals surface area contributed by atoms with E-state index in [1.165, 1.54) is 6.42 Å². The molecule has 7 nitrogen and oxygen atoms in total. The molecule has 3 aliphatic heterocycles. The van der Waals surface area contributed by atoms with Crippen LogP contribution in [0.3, 0.4) is 0 Å². The molecular formula is C22H31N3O4. The number of rotatable bonds is 3. The molecule has 3 saturated heterocycles. The van der Waals surface area contributed by atoms with Gasteiger partial charge in [0.2, 0.25) is 5.91 Å². The van der Waals surface area contributed by atoms with E-state index in [-0.39, 0.29) is 23.3 Å². The number of likely N-dealkylation sites (tertiary alicyclic amines) is 2. The molecule has 0 aromatic heterocycles. The second-order valence-corrected chi connectivity index (χ2v) is 8.42. The quantitative estimate of drug-likeness (QED) is 0.845. The molecule has 0 unspecified atom stereocenters. The summed E-state index contributed by atoms with van der Waals surface area (Å²) in [6.45, 7) is 4.07. The fourth-order valence-electron chi connectivity index (χ4n) is 5.02. The van der Waals surface area contributed by atoms with E-state index in [4.69, 9.17) is 9.47 Å². The van der Waals surface area contributed by atoms with Crippen molar-refractivity contribution >= 4 is 17.6 Å². The highest BCUT2D eigenvalue weighted by atomic mass is 16.5. The predicted molar refractivity (Wildman–Crippen MR) is 110 cm³/mol. The third-order valence-electron chi connectivity index (χ3n) is 6.74. The summed E-state index contributed by atoms with van der Waals surface area (Å²) < 4.78 is 10.9. The molecule has 1 spiro atoms. The van der Waals surface area contributed by atoms with Gasteiger partial charge in [0.1, 0.15) is 5.75 Å². The Kier molecular flexibility index (Phi) is 5.94. The van der Waals surface area contributed by atoms with Crippen LogP contribution in [0.5, 0.6) is 5.75 Å². The van der Waals surface area contributed by atoms with Crippen molar-refractivity contribution in [3.63, 3.8) is 0 Å². The lowest BCUT2D eigenvalue weighted by Gasteiger charge is -2.39. The summed E-state index contributed by atoms with van der Waals surface area (Å²) in [5.74, 6) is 0.703. The molecule has 0 radical (unpaired) electrons. The van der Waals surface area contributed by atoms with E-state index in [2.05, 4.69) is 5.32 Å². The van der Waals surface area contributed by atoms with E-state index in [1.807, 2.05) is 34.1 Å². The average molecular weight is 402 g/mol. The van der Waals surface area contributed by atoms with Crippen molar-refractivity contribution in [1.82, 2.24) is 9.80 Å². The summed E-state index contributed by atoms with van der Waals surface area (Å²) in [6.07, 6.45) is 5.01. The van der Waals surface area contributed by atoms with E-state index in [1.54, 1.807) is 7.11 Å². The zero-order valence-corrected chi connectivity index (χ0v) is 17.2. The molecule has 1 N–H and O–H groups in total. The normalized spacial score (nSPS) is 23.8. The number of methoxy groups -OCH3 is 1. The molecule has 3 heterocycles. The Labute approximate surface area is 172 Å². The number of anilines is 1. The predicted octanol–water partition coefficient (Wildman–Crippen LogP) is 2.97. The Balaban J connectivity index is 1.51. The maximum atomic E-state index is 13.4. The van der Waals surface area contributed by atoms with Crippen molar-refractivity contribution in [3.8, 4) is 5.75 Å². The number of amides is 3. The molecule has 29 heavy (non-hydrogen) atoms. The topological polar surface area (TPSA) is 71.1 Å². The van der Waals surface area contributed by atoms with Crippen LogP contribution in [-0.2, 0) is 9.53 Å². The number of hydrogen-bond donors (Lipinski definition) is 1. The van der Waals surface area contributed by atoms with Gasteiger partial charge in [-0.2, -0.15) is 0 Å². The van der Waals surface area contributed by atoms with E-state index in [0.29, 0.717) is 37.7 Å². The zero-order chi connectivity index (χ0) is 20.3. The molecule has 158 valence electrons. The molecule has 1 atom stereocenters. The van der Waals surface area contributed by atoms with Crippen molar-refractivity contribution < 1.29 is 19.1 Å². The zero-order valence-electron chi connectivity index (χ0n) is 17.2. The largest absolute Gasteiger partial charge is 0.495 e. The van der Waals surface area contributed by atoms with Crippen LogP contribution < -0.4 is 10.1 Å². The van der Waals surface area contributed by atoms with Crippen LogP contribution in [0.15, 0.2) is 24.3 Å². The number of nitrogens with one attached hydrogen (secondary N) is 1. The van der Waals surface area contributed by atoms with Gasteiger partial charge < -0.3 is 24.6 Å². The van der Waals surface area contributed by atoms with Gasteiger partial charge >= 0.3 is 6.03 Å². The van der Waals surface area contributed by atoms with Gasteiger partial charge in [0, 0.05) is 44.8 Å². The first kappa shape index (κ1) is 20.0. The van der Waals surface area contributed by atoms with E-state index in [9.17, 15) is 9.59 Å². The summed E-state index contributed by atoms with van der Waals surface area (Å²) >= 11 is 0. The number of piperidine rings is 1. The fraction of sp³-hybridized carbons (Fsp3) is 0.636. The van der Waals surface area contributed by atoms with Crippen LogP contribution in [-0.4, -0.2) is 68.2 Å². The number of para-hydroxylation sites is 2. The summed E-state index contributed by atoms with van der Waals surface area (Å²) in [7, 11) is 1.59. The molecule has 4 rings (SSSR count). The molecule has 0 bridgehead atoms. The first-order valence-electron chi connectivity index (χ1n) is 10.7. The van der Waals surface area contributed by atoms with Crippen molar-refractivity contribution in [2.45, 2.75) is 32.1 Å². The Morgan fingerprint density at radius 3 is 2.55 bits per heavy atom. The number of nitrogens with zero attached hydrogens (tertiary/aromatic N) is 2. The second-order valence-electron chi connectivity index (χ2n) is 8.42. The average Bonchev–Trinajstić information content (AvgIpc) is 3.13. The van der Waals surface area contributed by atoms with Gasteiger partial charge in [-0.3, -0.25) is 4.79 Å². The number of carbonyl (C=O) groups excluding carboxylic acids is 2. The third kappa shape index (κ3) is 4.06. The van der Waals surface area contributed by atoms with Crippen molar-refractivity contribution in [1.29, 1.82) is 0 Å². The van der Waals surface area contributed by atoms with Crippen LogP contribution in [0.1, 0.15) is 32.1 Å². The molecule has 1 aromatic carbocycles. The summed E-state index contributed by atoms with van der Waals surface area (Å²) in [4.78, 5) is 30.3. The molecule has 0 saturated carbocycles. The number of benzene rings is 1. The highest BCUT2D eigenvalue weighted by Gasteiger charge is 2.52. The first-order chi connectivity index (χ1) is 14.1. The van der Waals surface area contributed by atoms with Crippen molar-refractivity contribution in [2.24, 2.45) is 11.3 Å². The van der Waals surface area contributed by atoms with Crippen molar-refractivity contribution in [2.75, 3.05) is 51.8 Å². The molecule has 0 aliphatic carbocycles. The Hall–Kier alpha value is -2.28. The highest BCUT2D eigenvalue weighted by Crippen LogP contribution is 2.45. The Morgan fingerprint density at radius 2 is 1.83 bits per heavy atom. The van der Waals surface area contributed by atoms with Gasteiger partial charge in [-0.15, -0.1) is 0 Å². The van der Waals surface area contributed by atoms with Gasteiger partial charge in [0.15, 0.2) is 0 Å². The number of carbonyl (C=O) groups is 2. The minimum Gasteiger partial charge on any atom is -0.495 e. The Morgan fingerprint density at radius 1 is 1.10 bits per heavy atom. The van der Waals surface area contributed by atoms with Gasteiger partial charge in [-0.05, 0) is 44.2 Å². The van der Waals surface area contributed by atoms with Crippen LogP contribution >= 0.6 is 0 Å². The maximum Gasteiger partial charge on any atom is 0.321 e. The molecule has 3 amide bonds. The second kappa shape index (κ2) is 8.61. The smallest absolute Gasteiger partial charge is 0.321 e. The standard InChI is InChI=1S/C22H31N3O4/c1-28-19-8-4-3-7-18(19)23-21(27)25-15-17(20(26)24-11-5-2-6-12-24)22(16-25)9-13-29-14-10-22/h3-4,7-8,17H,2,5-6,9-16H2,1H3,(H,23,27)/t17-/m1/s1. The highest BCUT2D eigenvalue weighted by molar-refractivity contribution is 5.92. The van der Waals surface area contributed by atoms with Gasteiger partial charge in [0.05, 0.1) is 18.7 Å². The number of urea groups is 1. The SMILES string of the molecule is COc1ccccc1NC(=O)N1C[C@H](C(=O)N2CCCCC2)C2(CCOCC2)C1. The van der Waals surface area contributed by atoms with Crippen LogP contribution in [0.2, 0.25) is 0 Å². The third-order valence-corrected chi connectivity index (χ3v) is 6.74. The first-order valence-corrected chi connectivity index (χ1v) is 10.7. The summed E-state index contributed by atoms with van der Waals surface area (Å²) in [5.41, 5.74) is 0.470. The molecule has 1 aromatic rings. The van der Waals surface area contributed by atoms with E-state index >= 15 is 0 Å². The lowest BCUT2D eigenvalue weighted by Crippen LogP contribution is -2.47. The fourth-order valence-corrected chi connectivity index (χ4v) is 5.02. The molecular weight excluding hydrogens is 370 g/mol. The van der Waals surface area contributed by atoms with E-state index in [0.717, 1.165) is 38.8 Å². The summed E-state index contributed by atoms with van der Waals surface area (Å²) in [6, 6.07) is 7.21. The maximum absolute atomic E-state index is 13.4. The molecule has 7 heteroatoms. The van der Waals surface area contributed by atoms with Crippen molar-refractivity contribution in [3.05, 3.63) is 24.3 Å². The minimum absolute atomic E-state index is 0.145. The lowest BCUT2D eigenvalue weighted by atomic mass is 9.71. The minimum atomic E-state index is -0.176. The number of ether oxygens (including phenoxy) is 2. The summed E-state index contributed by atoms with van der Waals surface area (Å²) in [5, 5.41) is 2.97. The van der Waals surface area contributed by atoms with E-state index < -0.39 is 0 Å². The lowest BCUT2D eigenvalue weighted by molar-refractivity contribution is -0.141. The van der Waals surface area contributed by atoms with Crippen LogP contribution in [0, 0.1) is 11.3 Å². The van der Waals surface area contributed by atoms with Gasteiger partial charge in [-0.25, -0.2) is 4.79 Å². The van der Waals surface area contributed by atoms with Gasteiger partial charge in [0.25, 0.3) is 0 Å². The monoisotopic (exact) mass is 401 g/mol. The Bertz CT molecular complexity index is 741. The van der Waals surface area contributed by atoms with Gasteiger partial charge in [-0.1, -0.05) is 12.1 Å².